The first-order valence-corrected chi connectivity index (χ1v) is 6.14. The van der Waals surface area contributed by atoms with Crippen molar-refractivity contribution in [3.63, 3.8) is 0 Å². The van der Waals surface area contributed by atoms with Crippen LogP contribution < -0.4 is 10.5 Å². The Hall–Kier alpha value is -1.16. The lowest BCUT2D eigenvalue weighted by molar-refractivity contribution is 0.105. The summed E-state index contributed by atoms with van der Waals surface area (Å²) < 4.78 is 6.00. The largest absolute Gasteiger partial charge is 0.487 e. The summed E-state index contributed by atoms with van der Waals surface area (Å²) in [7, 11) is 0. The molecule has 0 amide bonds. The Kier molecular flexibility index (Phi) is 4.09. The van der Waals surface area contributed by atoms with Crippen LogP contribution in [0.5, 0.6) is 5.75 Å². The van der Waals surface area contributed by atoms with Crippen molar-refractivity contribution in [1.82, 2.24) is 4.98 Å². The minimum atomic E-state index is -0.236. The molecule has 1 rings (SSSR count). The quantitative estimate of drug-likeness (QED) is 0.837. The van der Waals surface area contributed by atoms with Gasteiger partial charge in [-0.1, -0.05) is 19.1 Å². The van der Waals surface area contributed by atoms with Crippen molar-refractivity contribution in [2.45, 2.75) is 46.6 Å². The number of pyridine rings is 1. The number of thiocarbonyl (C=S) groups is 1. The van der Waals surface area contributed by atoms with Crippen molar-refractivity contribution in [2.24, 2.45) is 5.73 Å². The number of nitrogens with zero attached hydrogens (tertiary/aromatic N) is 1. The lowest BCUT2D eigenvalue weighted by atomic mass is 10.1. The summed E-state index contributed by atoms with van der Waals surface area (Å²) in [6, 6.07) is 1.89. The van der Waals surface area contributed by atoms with E-state index in [9.17, 15) is 0 Å². The minimum absolute atomic E-state index is 0.236. The molecule has 17 heavy (non-hydrogen) atoms. The average molecular weight is 252 g/mol. The van der Waals surface area contributed by atoms with Crippen molar-refractivity contribution < 1.29 is 4.74 Å². The van der Waals surface area contributed by atoms with Gasteiger partial charge in [0, 0.05) is 11.8 Å². The third-order valence-electron chi connectivity index (χ3n) is 2.78. The normalized spacial score (nSPS) is 11.4. The molecular formula is C13H20N2OS. The maximum absolute atomic E-state index is 6.00. The summed E-state index contributed by atoms with van der Waals surface area (Å²) in [5.41, 5.74) is 7.97. The van der Waals surface area contributed by atoms with Crippen LogP contribution in [0, 0.1) is 13.8 Å². The second-order valence-corrected chi connectivity index (χ2v) is 5.24. The summed E-state index contributed by atoms with van der Waals surface area (Å²) in [6.45, 7) is 10.00. The summed E-state index contributed by atoms with van der Waals surface area (Å²) >= 11 is 5.06. The molecule has 4 heteroatoms. The van der Waals surface area contributed by atoms with E-state index in [1.165, 1.54) is 0 Å². The van der Waals surface area contributed by atoms with Crippen LogP contribution in [-0.4, -0.2) is 15.6 Å². The van der Waals surface area contributed by atoms with Gasteiger partial charge in [-0.2, -0.15) is 0 Å². The standard InChI is InChI=1S/C13H20N2OS/c1-6-13(4,5)16-10-7-8(2)15-9(3)11(10)12(14)17/h7H,6H2,1-5H3,(H2,14,17). The van der Waals surface area contributed by atoms with Gasteiger partial charge in [-0.15, -0.1) is 0 Å². The second-order valence-electron chi connectivity index (χ2n) is 4.80. The summed E-state index contributed by atoms with van der Waals surface area (Å²) in [5, 5.41) is 0. The van der Waals surface area contributed by atoms with Crippen LogP contribution >= 0.6 is 12.2 Å². The Morgan fingerprint density at radius 3 is 2.53 bits per heavy atom. The molecule has 1 heterocycles. The predicted molar refractivity (Wildman–Crippen MR) is 74.6 cm³/mol. The van der Waals surface area contributed by atoms with Crippen molar-refractivity contribution in [1.29, 1.82) is 0 Å². The van der Waals surface area contributed by atoms with Gasteiger partial charge < -0.3 is 10.5 Å². The molecule has 1 aromatic heterocycles. The van der Waals surface area contributed by atoms with E-state index in [1.807, 2.05) is 33.8 Å². The fourth-order valence-electron chi connectivity index (χ4n) is 1.54. The molecule has 0 radical (unpaired) electrons. The Bertz CT molecular complexity index is 441. The van der Waals surface area contributed by atoms with Crippen LogP contribution in [0.25, 0.3) is 0 Å². The Morgan fingerprint density at radius 2 is 2.06 bits per heavy atom. The van der Waals surface area contributed by atoms with Crippen molar-refractivity contribution in [2.75, 3.05) is 0 Å². The van der Waals surface area contributed by atoms with Gasteiger partial charge in [0.25, 0.3) is 0 Å². The van der Waals surface area contributed by atoms with E-state index in [2.05, 4.69) is 11.9 Å². The molecule has 3 nitrogen and oxygen atoms in total. The lowest BCUT2D eigenvalue weighted by Gasteiger charge is -2.26. The Balaban J connectivity index is 3.26. The molecule has 0 atom stereocenters. The number of aryl methyl sites for hydroxylation is 2. The molecule has 0 saturated carbocycles. The number of hydrogen-bond acceptors (Lipinski definition) is 3. The Labute approximate surface area is 108 Å². The molecule has 0 saturated heterocycles. The van der Waals surface area contributed by atoms with E-state index in [1.54, 1.807) is 0 Å². The lowest BCUT2D eigenvalue weighted by Crippen LogP contribution is -2.28. The molecule has 0 aromatic carbocycles. The maximum atomic E-state index is 6.00. The summed E-state index contributed by atoms with van der Waals surface area (Å²) in [5.74, 6) is 0.731. The fraction of sp³-hybridized carbons (Fsp3) is 0.538. The van der Waals surface area contributed by atoms with E-state index < -0.39 is 0 Å². The number of hydrogen-bond donors (Lipinski definition) is 1. The predicted octanol–water partition coefficient (Wildman–Crippen LogP) is 2.90. The van der Waals surface area contributed by atoms with Crippen LogP contribution in [0.15, 0.2) is 6.07 Å². The average Bonchev–Trinajstić information content (AvgIpc) is 2.14. The molecule has 94 valence electrons. The van der Waals surface area contributed by atoms with Gasteiger partial charge in [0.05, 0.1) is 11.3 Å². The molecule has 1 aromatic rings. The van der Waals surface area contributed by atoms with Gasteiger partial charge in [0.15, 0.2) is 0 Å². The number of rotatable bonds is 4. The second kappa shape index (κ2) is 5.00. The van der Waals surface area contributed by atoms with Crippen LogP contribution in [0.1, 0.15) is 44.1 Å². The highest BCUT2D eigenvalue weighted by molar-refractivity contribution is 7.80. The van der Waals surface area contributed by atoms with Gasteiger partial charge >= 0.3 is 0 Å². The zero-order valence-corrected chi connectivity index (χ0v) is 11.9. The highest BCUT2D eigenvalue weighted by atomic mass is 32.1. The van der Waals surface area contributed by atoms with Crippen LogP contribution in [0.3, 0.4) is 0 Å². The highest BCUT2D eigenvalue weighted by Gasteiger charge is 2.21. The number of nitrogens with two attached hydrogens (primary N) is 1. The molecule has 0 unspecified atom stereocenters. The van der Waals surface area contributed by atoms with Gasteiger partial charge in [0.2, 0.25) is 0 Å². The van der Waals surface area contributed by atoms with Gasteiger partial charge in [0.1, 0.15) is 16.3 Å². The summed E-state index contributed by atoms with van der Waals surface area (Å²) in [6.07, 6.45) is 0.907. The van der Waals surface area contributed by atoms with Crippen molar-refractivity contribution in [3.05, 3.63) is 23.0 Å². The zero-order valence-electron chi connectivity index (χ0n) is 11.1. The van der Waals surface area contributed by atoms with E-state index in [0.717, 1.165) is 29.1 Å². The maximum Gasteiger partial charge on any atom is 0.133 e. The third kappa shape index (κ3) is 3.40. The molecule has 0 bridgehead atoms. The molecule has 0 aliphatic heterocycles. The molecule has 0 spiro atoms. The van der Waals surface area contributed by atoms with Crippen LogP contribution in [-0.2, 0) is 0 Å². The summed E-state index contributed by atoms with van der Waals surface area (Å²) in [4.78, 5) is 4.69. The van der Waals surface area contributed by atoms with E-state index in [-0.39, 0.29) is 5.60 Å². The topological polar surface area (TPSA) is 48.1 Å². The minimum Gasteiger partial charge on any atom is -0.487 e. The van der Waals surface area contributed by atoms with Crippen LogP contribution in [0.2, 0.25) is 0 Å². The SMILES string of the molecule is CCC(C)(C)Oc1cc(C)nc(C)c1C(N)=S. The van der Waals surface area contributed by atoms with Gasteiger partial charge in [-0.25, -0.2) is 0 Å². The van der Waals surface area contributed by atoms with E-state index in [0.29, 0.717) is 4.99 Å². The molecule has 0 fully saturated rings. The van der Waals surface area contributed by atoms with E-state index >= 15 is 0 Å². The number of ether oxygens (including phenoxy) is 1. The highest BCUT2D eigenvalue weighted by Crippen LogP contribution is 2.27. The third-order valence-corrected chi connectivity index (χ3v) is 2.98. The van der Waals surface area contributed by atoms with Crippen molar-refractivity contribution in [3.8, 4) is 5.75 Å². The molecule has 2 N–H and O–H groups in total. The fourth-order valence-corrected chi connectivity index (χ4v) is 1.79. The zero-order chi connectivity index (χ0) is 13.2. The molecule has 0 aliphatic carbocycles. The molecule has 0 aliphatic rings. The van der Waals surface area contributed by atoms with Crippen molar-refractivity contribution >= 4 is 17.2 Å². The number of aromatic nitrogens is 1. The first-order chi connectivity index (χ1) is 7.76. The first kappa shape index (κ1) is 13.9. The monoisotopic (exact) mass is 252 g/mol. The molecular weight excluding hydrogens is 232 g/mol. The Morgan fingerprint density at radius 1 is 1.47 bits per heavy atom. The van der Waals surface area contributed by atoms with Gasteiger partial charge in [-0.05, 0) is 34.1 Å². The van der Waals surface area contributed by atoms with Crippen LogP contribution in [0.4, 0.5) is 0 Å². The smallest absolute Gasteiger partial charge is 0.133 e. The van der Waals surface area contributed by atoms with Gasteiger partial charge in [-0.3, -0.25) is 4.98 Å². The van der Waals surface area contributed by atoms with E-state index in [4.69, 9.17) is 22.7 Å². The first-order valence-electron chi connectivity index (χ1n) is 5.74.